The molecule has 1 heterocycles. The van der Waals surface area contributed by atoms with Gasteiger partial charge in [0.1, 0.15) is 10.6 Å². The number of halogens is 1. The molecule has 2 aromatic carbocycles. The number of amides is 2. The number of fused-ring (bicyclic) bond motifs is 1. The molecule has 0 saturated heterocycles. The second kappa shape index (κ2) is 6.28. The first-order valence-corrected chi connectivity index (χ1v) is 7.82. The first kappa shape index (κ1) is 15.3. The molecule has 0 radical (unpaired) electrons. The van der Waals surface area contributed by atoms with Gasteiger partial charge in [-0.05, 0) is 24.3 Å². The minimum absolute atomic E-state index is 0.0310. The maximum Gasteiger partial charge on any atom is 0.281 e. The highest BCUT2D eigenvalue weighted by molar-refractivity contribution is 7.21. The van der Waals surface area contributed by atoms with Gasteiger partial charge in [0.15, 0.2) is 0 Å². The molecule has 0 unspecified atom stereocenters. The van der Waals surface area contributed by atoms with Gasteiger partial charge in [0.25, 0.3) is 11.8 Å². The average Bonchev–Trinajstić information content (AvgIpc) is 2.90. The summed E-state index contributed by atoms with van der Waals surface area (Å²) in [4.78, 5) is 24.4. The summed E-state index contributed by atoms with van der Waals surface area (Å²) in [6.45, 7) is 0. The highest BCUT2D eigenvalue weighted by Crippen LogP contribution is 2.34. The van der Waals surface area contributed by atoms with E-state index in [0.29, 0.717) is 9.90 Å². The molecule has 0 aliphatic heterocycles. The Kier molecular flexibility index (Phi) is 4.18. The highest BCUT2D eigenvalue weighted by atomic mass is 35.5. The van der Waals surface area contributed by atoms with Crippen LogP contribution in [-0.4, -0.2) is 16.9 Å². The molecule has 0 aliphatic carbocycles. The average molecular weight is 347 g/mol. The standard InChI is InChI=1S/C16H11ClN2O3S/c17-13-11-6-1-2-7-12(11)23-14(13)16(22)19-18-15(21)9-4-3-5-10(20)8-9/h1-8,20H,(H,18,21)(H,19,22). The molecule has 23 heavy (non-hydrogen) atoms. The Balaban J connectivity index is 1.74. The molecule has 2 amide bonds. The number of hydrazine groups is 1. The first-order chi connectivity index (χ1) is 11.1. The quantitative estimate of drug-likeness (QED) is 0.623. The Hall–Kier alpha value is -2.57. The van der Waals surface area contributed by atoms with E-state index in [1.165, 1.54) is 35.6 Å². The maximum atomic E-state index is 12.2. The Morgan fingerprint density at radius 3 is 2.48 bits per heavy atom. The van der Waals surface area contributed by atoms with Crippen molar-refractivity contribution < 1.29 is 14.7 Å². The van der Waals surface area contributed by atoms with Crippen LogP contribution in [0.2, 0.25) is 5.02 Å². The third-order valence-electron chi connectivity index (χ3n) is 3.14. The van der Waals surface area contributed by atoms with Crippen LogP contribution < -0.4 is 10.9 Å². The molecule has 0 atom stereocenters. The summed E-state index contributed by atoms with van der Waals surface area (Å²) >= 11 is 7.46. The topological polar surface area (TPSA) is 78.4 Å². The number of phenols is 1. The Morgan fingerprint density at radius 1 is 1.00 bits per heavy atom. The molecule has 116 valence electrons. The van der Waals surface area contributed by atoms with Crippen LogP contribution in [0.25, 0.3) is 10.1 Å². The third-order valence-corrected chi connectivity index (χ3v) is 4.81. The highest BCUT2D eigenvalue weighted by Gasteiger charge is 2.17. The van der Waals surface area contributed by atoms with Crippen LogP contribution in [0.1, 0.15) is 20.0 Å². The summed E-state index contributed by atoms with van der Waals surface area (Å²) in [5, 5.41) is 10.5. The van der Waals surface area contributed by atoms with Gasteiger partial charge in [0, 0.05) is 15.6 Å². The Morgan fingerprint density at radius 2 is 1.74 bits per heavy atom. The van der Waals surface area contributed by atoms with Crippen molar-refractivity contribution in [3.8, 4) is 5.75 Å². The van der Waals surface area contributed by atoms with Crippen molar-refractivity contribution in [3.63, 3.8) is 0 Å². The molecule has 1 aromatic heterocycles. The SMILES string of the molecule is O=C(NNC(=O)c1sc2ccccc2c1Cl)c1cccc(O)c1. The fourth-order valence-electron chi connectivity index (χ4n) is 2.05. The van der Waals surface area contributed by atoms with Gasteiger partial charge in [0.2, 0.25) is 0 Å². The number of hydrogen-bond acceptors (Lipinski definition) is 4. The van der Waals surface area contributed by atoms with Crippen molar-refractivity contribution >= 4 is 44.8 Å². The van der Waals surface area contributed by atoms with Crippen molar-refractivity contribution in [2.75, 3.05) is 0 Å². The number of thiophene rings is 1. The van der Waals surface area contributed by atoms with Crippen LogP contribution in [0.15, 0.2) is 48.5 Å². The zero-order chi connectivity index (χ0) is 16.4. The molecule has 3 N–H and O–H groups in total. The number of carbonyl (C=O) groups excluding carboxylic acids is 2. The van der Waals surface area contributed by atoms with E-state index in [-0.39, 0.29) is 11.3 Å². The summed E-state index contributed by atoms with van der Waals surface area (Å²) < 4.78 is 0.891. The molecule has 3 aromatic rings. The molecule has 0 aliphatic rings. The van der Waals surface area contributed by atoms with Gasteiger partial charge in [-0.15, -0.1) is 11.3 Å². The summed E-state index contributed by atoms with van der Waals surface area (Å²) in [6, 6.07) is 13.2. The zero-order valence-electron chi connectivity index (χ0n) is 11.7. The fraction of sp³-hybridized carbons (Fsp3) is 0. The van der Waals surface area contributed by atoms with Gasteiger partial charge in [-0.25, -0.2) is 0 Å². The number of phenolic OH excluding ortho intramolecular Hbond substituents is 1. The van der Waals surface area contributed by atoms with E-state index in [2.05, 4.69) is 10.9 Å². The lowest BCUT2D eigenvalue weighted by atomic mass is 10.2. The number of benzene rings is 2. The van der Waals surface area contributed by atoms with Gasteiger partial charge >= 0.3 is 0 Å². The van der Waals surface area contributed by atoms with Gasteiger partial charge in [-0.3, -0.25) is 20.4 Å². The van der Waals surface area contributed by atoms with Crippen LogP contribution in [0.4, 0.5) is 0 Å². The van der Waals surface area contributed by atoms with Crippen LogP contribution in [0.3, 0.4) is 0 Å². The minimum atomic E-state index is -0.536. The number of carbonyl (C=O) groups is 2. The van der Waals surface area contributed by atoms with Crippen molar-refractivity contribution in [1.82, 2.24) is 10.9 Å². The van der Waals surface area contributed by atoms with Gasteiger partial charge < -0.3 is 5.11 Å². The Labute approximate surface area is 140 Å². The van der Waals surface area contributed by atoms with E-state index in [0.717, 1.165) is 10.1 Å². The lowest BCUT2D eigenvalue weighted by Crippen LogP contribution is -2.41. The lowest BCUT2D eigenvalue weighted by molar-refractivity contribution is 0.0849. The van der Waals surface area contributed by atoms with Crippen molar-refractivity contribution in [3.05, 3.63) is 64.0 Å². The number of rotatable bonds is 2. The van der Waals surface area contributed by atoms with E-state index in [1.54, 1.807) is 0 Å². The third kappa shape index (κ3) is 3.13. The molecule has 7 heteroatoms. The Bertz CT molecular complexity index is 907. The fourth-order valence-corrected chi connectivity index (χ4v) is 3.46. The number of aromatic hydroxyl groups is 1. The molecule has 0 spiro atoms. The monoisotopic (exact) mass is 346 g/mol. The second-order valence-electron chi connectivity index (χ2n) is 4.70. The second-order valence-corrected chi connectivity index (χ2v) is 6.13. The smallest absolute Gasteiger partial charge is 0.281 e. The van der Waals surface area contributed by atoms with Crippen molar-refractivity contribution in [2.45, 2.75) is 0 Å². The van der Waals surface area contributed by atoms with E-state index in [1.807, 2.05) is 24.3 Å². The summed E-state index contributed by atoms with van der Waals surface area (Å²) in [7, 11) is 0. The molecule has 5 nitrogen and oxygen atoms in total. The molecule has 0 bridgehead atoms. The van der Waals surface area contributed by atoms with Crippen LogP contribution >= 0.6 is 22.9 Å². The predicted octanol–water partition coefficient (Wildman–Crippen LogP) is 3.34. The molecule has 3 rings (SSSR count). The van der Waals surface area contributed by atoms with Gasteiger partial charge in [-0.1, -0.05) is 35.9 Å². The molecular weight excluding hydrogens is 336 g/mol. The molecule has 0 saturated carbocycles. The van der Waals surface area contributed by atoms with E-state index in [9.17, 15) is 14.7 Å². The van der Waals surface area contributed by atoms with Gasteiger partial charge in [-0.2, -0.15) is 0 Å². The summed E-state index contributed by atoms with van der Waals surface area (Å²) in [5.74, 6) is -1.06. The van der Waals surface area contributed by atoms with Gasteiger partial charge in [0.05, 0.1) is 5.02 Å². The van der Waals surface area contributed by atoms with Crippen LogP contribution in [-0.2, 0) is 0 Å². The van der Waals surface area contributed by atoms with E-state index < -0.39 is 11.8 Å². The minimum Gasteiger partial charge on any atom is -0.508 e. The maximum absolute atomic E-state index is 12.2. The largest absolute Gasteiger partial charge is 0.508 e. The van der Waals surface area contributed by atoms with Crippen molar-refractivity contribution in [1.29, 1.82) is 0 Å². The summed E-state index contributed by atoms with van der Waals surface area (Å²) in [6.07, 6.45) is 0. The normalized spacial score (nSPS) is 10.5. The number of hydrogen-bond donors (Lipinski definition) is 3. The lowest BCUT2D eigenvalue weighted by Gasteiger charge is -2.06. The van der Waals surface area contributed by atoms with E-state index >= 15 is 0 Å². The zero-order valence-corrected chi connectivity index (χ0v) is 13.2. The van der Waals surface area contributed by atoms with E-state index in [4.69, 9.17) is 11.6 Å². The summed E-state index contributed by atoms with van der Waals surface area (Å²) in [5.41, 5.74) is 4.85. The van der Waals surface area contributed by atoms with Crippen molar-refractivity contribution in [2.24, 2.45) is 0 Å². The molecule has 0 fully saturated rings. The van der Waals surface area contributed by atoms with Crippen LogP contribution in [0.5, 0.6) is 5.75 Å². The molecular formula is C16H11ClN2O3S. The van der Waals surface area contributed by atoms with Crippen LogP contribution in [0, 0.1) is 0 Å². The number of nitrogens with one attached hydrogen (secondary N) is 2. The first-order valence-electron chi connectivity index (χ1n) is 6.63. The predicted molar refractivity (Wildman–Crippen MR) is 89.9 cm³/mol.